The average Bonchev–Trinajstić information content (AvgIpc) is 3.78. The Bertz CT molecular complexity index is 3020. The third-order valence-corrected chi connectivity index (χ3v) is 10.4. The molecule has 11 aromatic rings. The number of hydrogen-bond donors (Lipinski definition) is 0. The maximum absolute atomic E-state index is 6.84. The Hall–Kier alpha value is -7.04. The highest BCUT2D eigenvalue weighted by Crippen LogP contribution is 2.45. The predicted molar refractivity (Wildman–Crippen MR) is 215 cm³/mol. The van der Waals surface area contributed by atoms with E-state index in [1.54, 1.807) is 0 Å². The minimum absolute atomic E-state index is 0.620. The van der Waals surface area contributed by atoms with Crippen molar-refractivity contribution >= 4 is 65.3 Å². The number of furan rings is 1. The molecule has 0 saturated heterocycles. The Labute approximate surface area is 298 Å². The van der Waals surface area contributed by atoms with E-state index in [9.17, 15) is 0 Å². The standard InChI is InChI=1S/C48H29N3O/c1-3-15-32(16-4-1)38-29-39(33-17-5-2-6-18-33)50-48(49-38)37-25-28-42(46-36-21-11-12-22-43(36)52-47(37)46)51-40-26-23-30-13-7-9-19-34(30)44(40)45-35-20-10-8-14-31(35)24-27-41(45)51/h1-29H. The highest BCUT2D eigenvalue weighted by molar-refractivity contribution is 6.29. The molecule has 0 spiro atoms. The second kappa shape index (κ2) is 11.2. The fourth-order valence-electron chi connectivity index (χ4n) is 8.06. The average molecular weight is 664 g/mol. The van der Waals surface area contributed by atoms with Crippen LogP contribution in [-0.4, -0.2) is 14.5 Å². The molecule has 3 aromatic heterocycles. The van der Waals surface area contributed by atoms with E-state index < -0.39 is 0 Å². The van der Waals surface area contributed by atoms with Gasteiger partial charge in [-0.2, -0.15) is 0 Å². The summed E-state index contributed by atoms with van der Waals surface area (Å²) in [6.45, 7) is 0. The van der Waals surface area contributed by atoms with Gasteiger partial charge in [-0.3, -0.25) is 0 Å². The molecule has 0 aliphatic rings. The summed E-state index contributed by atoms with van der Waals surface area (Å²) in [7, 11) is 0. The van der Waals surface area contributed by atoms with Crippen LogP contribution in [0.1, 0.15) is 0 Å². The molecule has 0 saturated carbocycles. The lowest BCUT2D eigenvalue weighted by Crippen LogP contribution is -1.98. The van der Waals surface area contributed by atoms with Crippen LogP contribution in [0.15, 0.2) is 180 Å². The Kier molecular flexibility index (Phi) is 6.22. The van der Waals surface area contributed by atoms with Gasteiger partial charge in [0.25, 0.3) is 0 Å². The molecular formula is C48H29N3O. The highest BCUT2D eigenvalue weighted by atomic mass is 16.3. The van der Waals surface area contributed by atoms with Crippen LogP contribution in [0, 0.1) is 0 Å². The summed E-state index contributed by atoms with van der Waals surface area (Å²) in [5.41, 5.74) is 9.58. The molecule has 0 unspecified atom stereocenters. The van der Waals surface area contributed by atoms with Gasteiger partial charge in [0.1, 0.15) is 11.2 Å². The fraction of sp³-hybridized carbons (Fsp3) is 0. The number of hydrogen-bond acceptors (Lipinski definition) is 3. The molecule has 0 radical (unpaired) electrons. The Morgan fingerprint density at radius 3 is 1.54 bits per heavy atom. The Morgan fingerprint density at radius 1 is 0.423 bits per heavy atom. The zero-order chi connectivity index (χ0) is 34.2. The molecule has 242 valence electrons. The maximum atomic E-state index is 6.84. The van der Waals surface area contributed by atoms with E-state index in [-0.39, 0.29) is 0 Å². The van der Waals surface area contributed by atoms with Gasteiger partial charge in [0.2, 0.25) is 0 Å². The van der Waals surface area contributed by atoms with E-state index in [0.29, 0.717) is 5.82 Å². The van der Waals surface area contributed by atoms with Gasteiger partial charge < -0.3 is 8.98 Å². The lowest BCUT2D eigenvalue weighted by atomic mass is 10.00. The monoisotopic (exact) mass is 663 g/mol. The lowest BCUT2D eigenvalue weighted by molar-refractivity contribution is 0.669. The largest absolute Gasteiger partial charge is 0.455 e. The minimum Gasteiger partial charge on any atom is -0.455 e. The van der Waals surface area contributed by atoms with Crippen LogP contribution < -0.4 is 0 Å². The van der Waals surface area contributed by atoms with Crippen LogP contribution in [0.25, 0.3) is 105 Å². The summed E-state index contributed by atoms with van der Waals surface area (Å²) < 4.78 is 9.26. The van der Waals surface area contributed by atoms with Gasteiger partial charge in [-0.1, -0.05) is 140 Å². The molecule has 0 aliphatic heterocycles. The molecule has 8 aromatic carbocycles. The zero-order valence-electron chi connectivity index (χ0n) is 28.0. The van der Waals surface area contributed by atoms with Crippen molar-refractivity contribution in [1.82, 2.24) is 14.5 Å². The van der Waals surface area contributed by atoms with Crippen LogP contribution in [0.4, 0.5) is 0 Å². The number of fused-ring (bicyclic) bond motifs is 10. The summed E-state index contributed by atoms with van der Waals surface area (Å²) in [6.07, 6.45) is 0. The van der Waals surface area contributed by atoms with Crippen LogP contribution in [0.5, 0.6) is 0 Å². The molecule has 11 rings (SSSR count). The topological polar surface area (TPSA) is 43.9 Å². The van der Waals surface area contributed by atoms with Gasteiger partial charge in [0.15, 0.2) is 5.82 Å². The van der Waals surface area contributed by atoms with Crippen molar-refractivity contribution in [2.24, 2.45) is 0 Å². The second-order valence-electron chi connectivity index (χ2n) is 13.3. The summed E-state index contributed by atoms with van der Waals surface area (Å²) in [6, 6.07) is 61.8. The predicted octanol–water partition coefficient (Wildman–Crippen LogP) is 12.8. The normalized spacial score (nSPS) is 11.8. The maximum Gasteiger partial charge on any atom is 0.164 e. The first-order valence-electron chi connectivity index (χ1n) is 17.6. The summed E-state index contributed by atoms with van der Waals surface area (Å²) >= 11 is 0. The Morgan fingerprint density at radius 2 is 0.942 bits per heavy atom. The number of rotatable bonds is 4. The van der Waals surface area contributed by atoms with E-state index in [1.807, 2.05) is 48.5 Å². The second-order valence-corrected chi connectivity index (χ2v) is 13.3. The molecule has 0 bridgehead atoms. The SMILES string of the molecule is c1ccc(-c2cc(-c3ccccc3)nc(-c3ccc(-n4c5ccc6ccccc6c5c5c6ccccc6ccc54)c4c3oc3ccccc34)n2)cc1. The first-order chi connectivity index (χ1) is 25.8. The summed E-state index contributed by atoms with van der Waals surface area (Å²) in [5.74, 6) is 0.620. The van der Waals surface area contributed by atoms with Gasteiger partial charge in [0, 0.05) is 27.3 Å². The molecule has 0 aliphatic carbocycles. The quantitative estimate of drug-likeness (QED) is 0.188. The van der Waals surface area contributed by atoms with Gasteiger partial charge in [-0.05, 0) is 57.9 Å². The van der Waals surface area contributed by atoms with E-state index in [1.165, 1.54) is 32.3 Å². The molecule has 0 N–H and O–H groups in total. The lowest BCUT2D eigenvalue weighted by Gasteiger charge is -2.13. The molecule has 3 heterocycles. The van der Waals surface area contributed by atoms with Gasteiger partial charge in [-0.25, -0.2) is 9.97 Å². The molecule has 52 heavy (non-hydrogen) atoms. The summed E-state index contributed by atoms with van der Waals surface area (Å²) in [4.78, 5) is 10.4. The number of benzene rings is 8. The van der Waals surface area contributed by atoms with Crippen LogP contribution >= 0.6 is 0 Å². The molecule has 0 atom stereocenters. The number of nitrogens with zero attached hydrogens (tertiary/aromatic N) is 3. The minimum atomic E-state index is 0.620. The van der Waals surface area contributed by atoms with Crippen molar-refractivity contribution in [3.63, 3.8) is 0 Å². The first-order valence-corrected chi connectivity index (χ1v) is 17.6. The fourth-order valence-corrected chi connectivity index (χ4v) is 8.06. The third-order valence-electron chi connectivity index (χ3n) is 10.4. The van der Waals surface area contributed by atoms with Crippen LogP contribution in [0.3, 0.4) is 0 Å². The molecule has 0 fully saturated rings. The van der Waals surface area contributed by atoms with Crippen molar-refractivity contribution in [2.45, 2.75) is 0 Å². The smallest absolute Gasteiger partial charge is 0.164 e. The van der Waals surface area contributed by atoms with Gasteiger partial charge in [-0.15, -0.1) is 0 Å². The van der Waals surface area contributed by atoms with E-state index in [4.69, 9.17) is 14.4 Å². The van der Waals surface area contributed by atoms with E-state index in [2.05, 4.69) is 132 Å². The van der Waals surface area contributed by atoms with E-state index >= 15 is 0 Å². The van der Waals surface area contributed by atoms with Crippen molar-refractivity contribution in [3.05, 3.63) is 176 Å². The summed E-state index contributed by atoms with van der Waals surface area (Å²) in [5, 5.41) is 9.51. The number of para-hydroxylation sites is 1. The van der Waals surface area contributed by atoms with Crippen molar-refractivity contribution < 1.29 is 4.42 Å². The van der Waals surface area contributed by atoms with E-state index in [0.717, 1.165) is 66.7 Å². The van der Waals surface area contributed by atoms with Crippen molar-refractivity contribution in [3.8, 4) is 39.6 Å². The molecule has 0 amide bonds. The van der Waals surface area contributed by atoms with Crippen LogP contribution in [0.2, 0.25) is 0 Å². The van der Waals surface area contributed by atoms with Crippen molar-refractivity contribution in [2.75, 3.05) is 0 Å². The molecule has 4 heteroatoms. The van der Waals surface area contributed by atoms with Crippen LogP contribution in [-0.2, 0) is 0 Å². The first kappa shape index (κ1) is 28.8. The van der Waals surface area contributed by atoms with Gasteiger partial charge in [0.05, 0.1) is 39.1 Å². The van der Waals surface area contributed by atoms with Gasteiger partial charge >= 0.3 is 0 Å². The highest BCUT2D eigenvalue weighted by Gasteiger charge is 2.23. The van der Waals surface area contributed by atoms with Crippen molar-refractivity contribution in [1.29, 1.82) is 0 Å². The number of aromatic nitrogens is 3. The zero-order valence-corrected chi connectivity index (χ0v) is 28.0. The molecule has 4 nitrogen and oxygen atoms in total. The molecular weight excluding hydrogens is 635 g/mol. The third kappa shape index (κ3) is 4.28. The Balaban J connectivity index is 1.25.